The molecule has 0 saturated carbocycles. The van der Waals surface area contributed by atoms with E-state index < -0.39 is 17.6 Å². The van der Waals surface area contributed by atoms with Crippen LogP contribution in [0.5, 0.6) is 0 Å². The second-order valence-corrected chi connectivity index (χ2v) is 2.08. The largest absolute Gasteiger partial charge is 0.400 e. The first-order valence-corrected chi connectivity index (χ1v) is 3.44. The molecule has 0 aromatic rings. The Kier molecular flexibility index (Phi) is 5.06. The van der Waals surface area contributed by atoms with Crippen LogP contribution in [-0.2, 0) is 9.53 Å². The normalized spacial score (nSPS) is 9.18. The molecule has 11 heavy (non-hydrogen) atoms. The van der Waals surface area contributed by atoms with Gasteiger partial charge in [-0.3, -0.25) is 14.9 Å². The fraction of sp³-hybridized carbons (Fsp3) is 0.833. The Hall–Kier alpha value is -1.13. The highest BCUT2D eigenvalue weighted by Crippen LogP contribution is 1.95. The zero-order valence-electron chi connectivity index (χ0n) is 6.41. The molecule has 0 aliphatic carbocycles. The van der Waals surface area contributed by atoms with Crippen molar-refractivity contribution < 1.29 is 14.5 Å². The predicted molar refractivity (Wildman–Crippen MR) is 37.5 cm³/mol. The molecule has 0 aliphatic heterocycles. The van der Waals surface area contributed by atoms with Gasteiger partial charge in [0, 0.05) is 6.42 Å². The van der Waals surface area contributed by atoms with Crippen molar-refractivity contribution in [1.82, 2.24) is 0 Å². The minimum absolute atomic E-state index is 0.268. The molecule has 0 spiro atoms. The summed E-state index contributed by atoms with van der Waals surface area (Å²) in [7, 11) is 0. The van der Waals surface area contributed by atoms with Crippen molar-refractivity contribution in [2.24, 2.45) is 0 Å². The van der Waals surface area contributed by atoms with Crippen LogP contribution in [0.2, 0.25) is 0 Å². The molecular weight excluding hydrogens is 150 g/mol. The summed E-state index contributed by atoms with van der Waals surface area (Å²) in [6, 6.07) is 0. The highest BCUT2D eigenvalue weighted by Gasteiger charge is 2.04. The van der Waals surface area contributed by atoms with Crippen molar-refractivity contribution in [3.05, 3.63) is 10.1 Å². The lowest BCUT2D eigenvalue weighted by atomic mass is 10.3. The van der Waals surface area contributed by atoms with E-state index in [1.165, 1.54) is 0 Å². The molecule has 0 bridgehead atoms. The standard InChI is InChI=1S/C6H11NO4/c1-2-3-4-6(8)11-5-7(9)10/h2-5H2,1H3. The number of rotatable bonds is 5. The van der Waals surface area contributed by atoms with E-state index in [2.05, 4.69) is 4.74 Å². The second kappa shape index (κ2) is 5.64. The van der Waals surface area contributed by atoms with Crippen LogP contribution in [0.4, 0.5) is 0 Å². The average Bonchev–Trinajstić information content (AvgIpc) is 1.97. The van der Waals surface area contributed by atoms with Crippen molar-refractivity contribution >= 4 is 5.97 Å². The summed E-state index contributed by atoms with van der Waals surface area (Å²) in [6.07, 6.45) is 1.87. The number of carbonyl (C=O) groups is 1. The number of unbranched alkanes of at least 4 members (excludes halogenated alkanes) is 1. The molecule has 0 aromatic carbocycles. The van der Waals surface area contributed by atoms with Gasteiger partial charge in [0.25, 0.3) is 0 Å². The van der Waals surface area contributed by atoms with Crippen LogP contribution < -0.4 is 0 Å². The lowest BCUT2D eigenvalue weighted by molar-refractivity contribution is -0.519. The van der Waals surface area contributed by atoms with Gasteiger partial charge in [-0.15, -0.1) is 0 Å². The van der Waals surface area contributed by atoms with E-state index in [4.69, 9.17) is 0 Å². The number of esters is 1. The molecule has 0 aromatic heterocycles. The fourth-order valence-corrected chi connectivity index (χ4v) is 0.518. The monoisotopic (exact) mass is 161 g/mol. The lowest BCUT2D eigenvalue weighted by Gasteiger charge is -1.97. The Balaban J connectivity index is 3.30. The van der Waals surface area contributed by atoms with E-state index >= 15 is 0 Å². The summed E-state index contributed by atoms with van der Waals surface area (Å²) in [5.41, 5.74) is 0. The average molecular weight is 161 g/mol. The zero-order valence-corrected chi connectivity index (χ0v) is 6.41. The number of nitrogens with zero attached hydrogens (tertiary/aromatic N) is 1. The lowest BCUT2D eigenvalue weighted by Crippen LogP contribution is -2.11. The van der Waals surface area contributed by atoms with Crippen LogP contribution in [0.25, 0.3) is 0 Å². The van der Waals surface area contributed by atoms with Gasteiger partial charge in [-0.25, -0.2) is 0 Å². The summed E-state index contributed by atoms with van der Waals surface area (Å²) < 4.78 is 4.27. The first-order valence-electron chi connectivity index (χ1n) is 3.44. The quantitative estimate of drug-likeness (QED) is 0.260. The van der Waals surface area contributed by atoms with Gasteiger partial charge in [0.05, 0.1) is 4.92 Å². The Morgan fingerprint density at radius 3 is 2.73 bits per heavy atom. The number of ether oxygens (including phenoxy) is 1. The number of hydrogen-bond acceptors (Lipinski definition) is 4. The third-order valence-electron chi connectivity index (χ3n) is 1.07. The van der Waals surface area contributed by atoms with Gasteiger partial charge in [-0.2, -0.15) is 0 Å². The fourth-order valence-electron chi connectivity index (χ4n) is 0.518. The van der Waals surface area contributed by atoms with Crippen LogP contribution in [0.15, 0.2) is 0 Å². The molecule has 0 aliphatic rings. The Morgan fingerprint density at radius 2 is 2.27 bits per heavy atom. The molecule has 5 nitrogen and oxygen atoms in total. The van der Waals surface area contributed by atoms with Crippen LogP contribution in [0.1, 0.15) is 26.2 Å². The topological polar surface area (TPSA) is 69.4 Å². The van der Waals surface area contributed by atoms with E-state index in [9.17, 15) is 14.9 Å². The summed E-state index contributed by atoms with van der Waals surface area (Å²) in [4.78, 5) is 19.6. The smallest absolute Gasteiger partial charge is 0.346 e. The van der Waals surface area contributed by atoms with Crippen LogP contribution in [0, 0.1) is 10.1 Å². The van der Waals surface area contributed by atoms with Crippen molar-refractivity contribution in [1.29, 1.82) is 0 Å². The Morgan fingerprint density at radius 1 is 1.64 bits per heavy atom. The first kappa shape index (κ1) is 9.87. The van der Waals surface area contributed by atoms with E-state index in [-0.39, 0.29) is 6.42 Å². The van der Waals surface area contributed by atoms with Crippen molar-refractivity contribution in [2.75, 3.05) is 6.73 Å². The SMILES string of the molecule is CCCCC(=O)OC[N+](=O)[O-]. The minimum Gasteiger partial charge on any atom is -0.400 e. The zero-order chi connectivity index (χ0) is 8.69. The summed E-state index contributed by atoms with van der Waals surface area (Å²) in [5, 5.41) is 9.71. The third-order valence-corrected chi connectivity index (χ3v) is 1.07. The predicted octanol–water partition coefficient (Wildman–Crippen LogP) is 0.954. The van der Waals surface area contributed by atoms with E-state index in [1.807, 2.05) is 6.92 Å². The van der Waals surface area contributed by atoms with Crippen LogP contribution in [0.3, 0.4) is 0 Å². The molecule has 0 heterocycles. The molecule has 0 amide bonds. The number of carbonyl (C=O) groups excluding carboxylic acids is 1. The van der Waals surface area contributed by atoms with E-state index in [1.54, 1.807) is 0 Å². The maximum atomic E-state index is 10.6. The molecular formula is C6H11NO4. The Bertz CT molecular complexity index is 146. The maximum absolute atomic E-state index is 10.6. The van der Waals surface area contributed by atoms with E-state index in [0.29, 0.717) is 0 Å². The highest BCUT2D eigenvalue weighted by molar-refractivity contribution is 5.69. The van der Waals surface area contributed by atoms with Gasteiger partial charge in [-0.05, 0) is 6.42 Å². The second-order valence-electron chi connectivity index (χ2n) is 2.08. The van der Waals surface area contributed by atoms with Gasteiger partial charge >= 0.3 is 12.7 Å². The van der Waals surface area contributed by atoms with Gasteiger partial charge < -0.3 is 4.74 Å². The van der Waals surface area contributed by atoms with Crippen LogP contribution in [-0.4, -0.2) is 17.6 Å². The minimum atomic E-state index is -0.720. The van der Waals surface area contributed by atoms with Crippen LogP contribution >= 0.6 is 0 Å². The van der Waals surface area contributed by atoms with Gasteiger partial charge in [0.2, 0.25) is 0 Å². The van der Waals surface area contributed by atoms with E-state index in [0.717, 1.165) is 12.8 Å². The molecule has 0 fully saturated rings. The third kappa shape index (κ3) is 6.76. The summed E-state index contributed by atoms with van der Waals surface area (Å²) in [5.74, 6) is -0.497. The summed E-state index contributed by atoms with van der Waals surface area (Å²) >= 11 is 0. The highest BCUT2D eigenvalue weighted by atomic mass is 16.7. The molecule has 0 atom stereocenters. The van der Waals surface area contributed by atoms with Crippen molar-refractivity contribution in [3.63, 3.8) is 0 Å². The molecule has 5 heteroatoms. The molecule has 0 saturated heterocycles. The first-order chi connectivity index (χ1) is 5.16. The Labute approximate surface area is 64.5 Å². The maximum Gasteiger partial charge on any atom is 0.346 e. The van der Waals surface area contributed by atoms with Gasteiger partial charge in [0.1, 0.15) is 0 Å². The number of hydrogen-bond donors (Lipinski definition) is 0. The van der Waals surface area contributed by atoms with Crippen molar-refractivity contribution in [3.8, 4) is 0 Å². The molecule has 0 rings (SSSR count). The van der Waals surface area contributed by atoms with Crippen molar-refractivity contribution in [2.45, 2.75) is 26.2 Å². The van der Waals surface area contributed by atoms with Gasteiger partial charge in [-0.1, -0.05) is 13.3 Å². The van der Waals surface area contributed by atoms with Gasteiger partial charge in [0.15, 0.2) is 0 Å². The summed E-state index contributed by atoms with van der Waals surface area (Å²) in [6.45, 7) is 1.21. The molecule has 64 valence electrons. The molecule has 0 unspecified atom stereocenters. The number of nitro groups is 1. The molecule has 0 radical (unpaired) electrons. The molecule has 0 N–H and O–H groups in total.